The molecule has 4 aromatic rings. The molecule has 0 N–H and O–H groups in total. The first-order valence-electron chi connectivity index (χ1n) is 8.29. The number of hydrogen-bond donors (Lipinski definition) is 0. The third-order valence-electron chi connectivity index (χ3n) is 4.38. The second-order valence-electron chi connectivity index (χ2n) is 6.17. The summed E-state index contributed by atoms with van der Waals surface area (Å²) >= 11 is 1.75. The Kier molecular flexibility index (Phi) is 4.28. The van der Waals surface area contributed by atoms with Crippen LogP contribution in [0.2, 0.25) is 0 Å². The summed E-state index contributed by atoms with van der Waals surface area (Å²) in [4.78, 5) is 4.56. The van der Waals surface area contributed by atoms with Gasteiger partial charge in [-0.15, -0.1) is 0 Å². The topological polar surface area (TPSA) is 30.2 Å². The van der Waals surface area contributed by atoms with Gasteiger partial charge in [-0.3, -0.25) is 0 Å². The summed E-state index contributed by atoms with van der Waals surface area (Å²) in [5.74, 6) is 0.900. The monoisotopic (exact) mass is 345 g/mol. The maximum Gasteiger partial charge on any atom is 0.122 e. The van der Waals surface area contributed by atoms with Crippen molar-refractivity contribution in [2.24, 2.45) is 0 Å². The Morgan fingerprint density at radius 3 is 2.60 bits per heavy atom. The molecule has 2 aromatic heterocycles. The van der Waals surface area contributed by atoms with Crippen LogP contribution in [0.4, 0.5) is 0 Å². The third-order valence-corrected chi connectivity index (χ3v) is 5.44. The van der Waals surface area contributed by atoms with Gasteiger partial charge in [0.25, 0.3) is 0 Å². The normalized spacial score (nSPS) is 11.1. The molecule has 0 aliphatic rings. The lowest BCUT2D eigenvalue weighted by molar-refractivity contribution is 0.920. The van der Waals surface area contributed by atoms with E-state index in [1.807, 2.05) is 23.0 Å². The lowest BCUT2D eigenvalue weighted by Gasteiger charge is -2.02. The van der Waals surface area contributed by atoms with Crippen molar-refractivity contribution in [3.8, 4) is 11.3 Å². The molecule has 4 rings (SSSR count). The number of aromatic nitrogens is 3. The molecule has 0 bridgehead atoms. The molecule has 25 heavy (non-hydrogen) atoms. The van der Waals surface area contributed by atoms with Crippen LogP contribution in [0.1, 0.15) is 16.7 Å². The van der Waals surface area contributed by atoms with Crippen LogP contribution in [0, 0.1) is 13.8 Å². The van der Waals surface area contributed by atoms with E-state index in [9.17, 15) is 0 Å². The average Bonchev–Trinajstić information content (AvgIpc) is 3.08. The first-order valence-corrected chi connectivity index (χ1v) is 9.28. The number of nitrogens with zero attached hydrogens (tertiary/aromatic N) is 3. The molecular formula is C21H19N3S. The highest BCUT2D eigenvalue weighted by atomic mass is 32.2. The summed E-state index contributed by atoms with van der Waals surface area (Å²) in [5.41, 5.74) is 7.06. The van der Waals surface area contributed by atoms with Gasteiger partial charge < -0.3 is 0 Å². The molecule has 2 aromatic carbocycles. The van der Waals surface area contributed by atoms with E-state index in [1.54, 1.807) is 11.8 Å². The van der Waals surface area contributed by atoms with Gasteiger partial charge in [-0.2, -0.15) is 5.10 Å². The summed E-state index contributed by atoms with van der Waals surface area (Å²) in [7, 11) is 0. The molecular weight excluding hydrogens is 326 g/mol. The molecule has 2 heterocycles. The third kappa shape index (κ3) is 3.30. The van der Waals surface area contributed by atoms with Crippen LogP contribution in [-0.2, 0) is 5.75 Å². The van der Waals surface area contributed by atoms with Crippen LogP contribution in [0.15, 0.2) is 72.0 Å². The van der Waals surface area contributed by atoms with Gasteiger partial charge in [0.1, 0.15) is 5.03 Å². The molecule has 0 fully saturated rings. The number of fused-ring (bicyclic) bond motifs is 1. The minimum atomic E-state index is 0.900. The SMILES string of the molecule is Cc1ccc(-c2cc3c(SCc4ccccc4)nccn3n2)cc1C. The Hall–Kier alpha value is -2.59. The van der Waals surface area contributed by atoms with E-state index in [0.29, 0.717) is 0 Å². The Labute approximate surface area is 151 Å². The molecule has 0 aliphatic carbocycles. The predicted molar refractivity (Wildman–Crippen MR) is 104 cm³/mol. The van der Waals surface area contributed by atoms with Gasteiger partial charge in [0, 0.05) is 23.7 Å². The van der Waals surface area contributed by atoms with Gasteiger partial charge in [0.2, 0.25) is 0 Å². The average molecular weight is 345 g/mol. The lowest BCUT2D eigenvalue weighted by atomic mass is 10.0. The van der Waals surface area contributed by atoms with Crippen molar-refractivity contribution in [2.75, 3.05) is 0 Å². The quantitative estimate of drug-likeness (QED) is 0.470. The zero-order valence-corrected chi connectivity index (χ0v) is 15.1. The van der Waals surface area contributed by atoms with E-state index >= 15 is 0 Å². The zero-order valence-electron chi connectivity index (χ0n) is 14.3. The number of hydrogen-bond acceptors (Lipinski definition) is 3. The summed E-state index contributed by atoms with van der Waals surface area (Å²) in [5, 5.41) is 5.74. The van der Waals surface area contributed by atoms with Crippen molar-refractivity contribution in [2.45, 2.75) is 24.6 Å². The van der Waals surface area contributed by atoms with Gasteiger partial charge in [-0.25, -0.2) is 9.50 Å². The molecule has 3 nitrogen and oxygen atoms in total. The van der Waals surface area contributed by atoms with Crippen LogP contribution in [-0.4, -0.2) is 14.6 Å². The number of aryl methyl sites for hydroxylation is 2. The van der Waals surface area contributed by atoms with Crippen LogP contribution < -0.4 is 0 Å². The smallest absolute Gasteiger partial charge is 0.122 e. The van der Waals surface area contributed by atoms with Crippen molar-refractivity contribution in [3.63, 3.8) is 0 Å². The minimum absolute atomic E-state index is 0.900. The van der Waals surface area contributed by atoms with Crippen molar-refractivity contribution in [1.82, 2.24) is 14.6 Å². The van der Waals surface area contributed by atoms with Crippen LogP contribution in [0.3, 0.4) is 0 Å². The van der Waals surface area contributed by atoms with E-state index in [0.717, 1.165) is 27.6 Å². The van der Waals surface area contributed by atoms with Crippen molar-refractivity contribution in [3.05, 3.63) is 83.7 Å². The molecule has 0 saturated carbocycles. The molecule has 0 amide bonds. The van der Waals surface area contributed by atoms with Crippen LogP contribution >= 0.6 is 11.8 Å². The van der Waals surface area contributed by atoms with E-state index < -0.39 is 0 Å². The van der Waals surface area contributed by atoms with Crippen molar-refractivity contribution >= 4 is 17.3 Å². The Balaban J connectivity index is 1.67. The molecule has 0 spiro atoms. The Morgan fingerprint density at radius 1 is 0.960 bits per heavy atom. The zero-order chi connectivity index (χ0) is 17.2. The minimum Gasteiger partial charge on any atom is -0.246 e. The standard InChI is InChI=1S/C21H19N3S/c1-15-8-9-18(12-16(15)2)19-13-20-21(22-10-11-24(20)23-19)25-14-17-6-4-3-5-7-17/h3-13H,14H2,1-2H3. The van der Waals surface area contributed by atoms with Crippen LogP contribution in [0.5, 0.6) is 0 Å². The molecule has 124 valence electrons. The van der Waals surface area contributed by atoms with E-state index in [2.05, 4.69) is 67.4 Å². The van der Waals surface area contributed by atoms with Gasteiger partial charge in [-0.1, -0.05) is 54.2 Å². The van der Waals surface area contributed by atoms with Crippen molar-refractivity contribution < 1.29 is 0 Å². The maximum absolute atomic E-state index is 4.73. The first-order chi connectivity index (χ1) is 12.2. The Morgan fingerprint density at radius 2 is 1.80 bits per heavy atom. The molecule has 0 aliphatic heterocycles. The Bertz CT molecular complexity index is 1020. The van der Waals surface area contributed by atoms with Gasteiger partial charge >= 0.3 is 0 Å². The fraction of sp³-hybridized carbons (Fsp3) is 0.143. The van der Waals surface area contributed by atoms with E-state index in [1.165, 1.54) is 16.7 Å². The number of rotatable bonds is 4. The maximum atomic E-state index is 4.73. The van der Waals surface area contributed by atoms with Gasteiger partial charge in [-0.05, 0) is 42.7 Å². The van der Waals surface area contributed by atoms with Gasteiger partial charge in [0.05, 0.1) is 11.2 Å². The second kappa shape index (κ2) is 6.73. The number of benzene rings is 2. The fourth-order valence-corrected chi connectivity index (χ4v) is 3.71. The summed E-state index contributed by atoms with van der Waals surface area (Å²) in [6, 6.07) is 19.1. The first kappa shape index (κ1) is 15.9. The predicted octanol–water partition coefficient (Wildman–Crippen LogP) is 5.31. The molecule has 4 heteroatoms. The summed E-state index contributed by atoms with van der Waals surface area (Å²) < 4.78 is 1.92. The second-order valence-corrected chi connectivity index (χ2v) is 7.13. The molecule has 0 radical (unpaired) electrons. The van der Waals surface area contributed by atoms with Gasteiger partial charge in [0.15, 0.2) is 0 Å². The highest BCUT2D eigenvalue weighted by Crippen LogP contribution is 2.28. The molecule has 0 unspecified atom stereocenters. The number of thioether (sulfide) groups is 1. The fourth-order valence-electron chi connectivity index (χ4n) is 2.78. The summed E-state index contributed by atoms with van der Waals surface area (Å²) in [6.45, 7) is 4.27. The largest absolute Gasteiger partial charge is 0.246 e. The lowest BCUT2D eigenvalue weighted by Crippen LogP contribution is -1.91. The molecule has 0 saturated heterocycles. The molecule has 0 atom stereocenters. The highest BCUT2D eigenvalue weighted by Gasteiger charge is 2.10. The van der Waals surface area contributed by atoms with Crippen LogP contribution in [0.25, 0.3) is 16.8 Å². The highest BCUT2D eigenvalue weighted by molar-refractivity contribution is 7.98. The van der Waals surface area contributed by atoms with E-state index in [4.69, 9.17) is 5.10 Å². The van der Waals surface area contributed by atoms with E-state index in [-0.39, 0.29) is 0 Å². The van der Waals surface area contributed by atoms with Crippen molar-refractivity contribution in [1.29, 1.82) is 0 Å². The summed E-state index contributed by atoms with van der Waals surface area (Å²) in [6.07, 6.45) is 3.73.